The number of fused-ring (bicyclic) bond motifs is 1. The van der Waals surface area contributed by atoms with Gasteiger partial charge in [-0.25, -0.2) is 4.79 Å². The first-order valence-corrected chi connectivity index (χ1v) is 9.24. The molecule has 8 heteroatoms. The SMILES string of the molecule is COc1ccc2c(Cl)c(C(=O)OCC(=O)N[C@H](C)C(C)C)sc2c1Cl. The monoisotopic (exact) mass is 403 g/mol. The van der Waals surface area contributed by atoms with Gasteiger partial charge in [0.1, 0.15) is 15.6 Å². The highest BCUT2D eigenvalue weighted by atomic mass is 35.5. The Morgan fingerprint density at radius 1 is 1.20 bits per heavy atom. The molecule has 2 rings (SSSR count). The summed E-state index contributed by atoms with van der Waals surface area (Å²) in [6.07, 6.45) is 0. The molecule has 25 heavy (non-hydrogen) atoms. The number of hydrogen-bond donors (Lipinski definition) is 1. The van der Waals surface area contributed by atoms with Gasteiger partial charge < -0.3 is 14.8 Å². The minimum atomic E-state index is -0.659. The molecule has 2 aromatic rings. The molecule has 0 saturated heterocycles. The van der Waals surface area contributed by atoms with Crippen LogP contribution in [0, 0.1) is 5.92 Å². The van der Waals surface area contributed by atoms with E-state index in [0.717, 1.165) is 11.3 Å². The zero-order chi connectivity index (χ0) is 18.7. The number of benzene rings is 1. The third-order valence-electron chi connectivity index (χ3n) is 3.83. The third-order valence-corrected chi connectivity index (χ3v) is 6.02. The smallest absolute Gasteiger partial charge is 0.350 e. The second-order valence-electron chi connectivity index (χ2n) is 5.88. The summed E-state index contributed by atoms with van der Waals surface area (Å²) in [6, 6.07) is 3.40. The van der Waals surface area contributed by atoms with Crippen molar-refractivity contribution in [2.45, 2.75) is 26.8 Å². The normalized spacial score (nSPS) is 12.3. The van der Waals surface area contributed by atoms with Gasteiger partial charge in [0.25, 0.3) is 5.91 Å². The summed E-state index contributed by atoms with van der Waals surface area (Å²) in [4.78, 5) is 24.3. The van der Waals surface area contributed by atoms with Gasteiger partial charge in [-0.1, -0.05) is 37.0 Å². The highest BCUT2D eigenvalue weighted by Gasteiger charge is 2.22. The van der Waals surface area contributed by atoms with Gasteiger partial charge in [-0.3, -0.25) is 4.79 Å². The zero-order valence-corrected chi connectivity index (χ0v) is 16.6. The largest absolute Gasteiger partial charge is 0.495 e. The number of thiophene rings is 1. The Kier molecular flexibility index (Phi) is 6.54. The maximum absolute atomic E-state index is 12.3. The fourth-order valence-corrected chi connectivity index (χ4v) is 3.81. The third kappa shape index (κ3) is 4.37. The highest BCUT2D eigenvalue weighted by Crippen LogP contribution is 2.43. The van der Waals surface area contributed by atoms with E-state index < -0.39 is 5.97 Å². The molecular formula is C17H19Cl2NO4S. The number of nitrogens with one attached hydrogen (secondary N) is 1. The maximum Gasteiger partial charge on any atom is 0.350 e. The maximum atomic E-state index is 12.3. The summed E-state index contributed by atoms with van der Waals surface area (Å²) in [5, 5.41) is 4.05. The van der Waals surface area contributed by atoms with E-state index in [1.807, 2.05) is 20.8 Å². The number of amides is 1. The molecule has 0 radical (unpaired) electrons. The lowest BCUT2D eigenvalue weighted by Gasteiger charge is -2.17. The van der Waals surface area contributed by atoms with Crippen molar-refractivity contribution in [3.63, 3.8) is 0 Å². The van der Waals surface area contributed by atoms with Crippen molar-refractivity contribution in [3.05, 3.63) is 27.1 Å². The standard InChI is InChI=1S/C17H19Cl2NO4S/c1-8(2)9(3)20-12(21)7-24-17(22)16-13(18)10-5-6-11(23-4)14(19)15(10)25-16/h5-6,8-9H,7H2,1-4H3,(H,20,21)/t9-/m1/s1. The predicted octanol–water partition coefficient (Wildman–Crippen LogP) is 4.53. The molecule has 5 nitrogen and oxygen atoms in total. The van der Waals surface area contributed by atoms with E-state index in [1.54, 1.807) is 12.1 Å². The van der Waals surface area contributed by atoms with Crippen molar-refractivity contribution in [3.8, 4) is 5.75 Å². The number of ether oxygens (including phenoxy) is 2. The summed E-state index contributed by atoms with van der Waals surface area (Å²) in [5.74, 6) is -0.233. The van der Waals surface area contributed by atoms with Crippen LogP contribution in [0.2, 0.25) is 10.0 Å². The van der Waals surface area contributed by atoms with Crippen LogP contribution in [0.4, 0.5) is 0 Å². The number of esters is 1. The second-order valence-corrected chi connectivity index (χ2v) is 7.66. The molecule has 1 aromatic carbocycles. The molecule has 1 atom stereocenters. The van der Waals surface area contributed by atoms with Crippen LogP contribution in [-0.4, -0.2) is 31.6 Å². The van der Waals surface area contributed by atoms with Gasteiger partial charge >= 0.3 is 5.97 Å². The molecule has 0 spiro atoms. The van der Waals surface area contributed by atoms with Crippen molar-refractivity contribution in [1.82, 2.24) is 5.32 Å². The molecular weight excluding hydrogens is 385 g/mol. The van der Waals surface area contributed by atoms with Crippen molar-refractivity contribution in [1.29, 1.82) is 0 Å². The van der Waals surface area contributed by atoms with Gasteiger partial charge in [-0.05, 0) is 25.0 Å². The summed E-state index contributed by atoms with van der Waals surface area (Å²) in [7, 11) is 1.51. The predicted molar refractivity (Wildman–Crippen MR) is 101 cm³/mol. The van der Waals surface area contributed by atoms with Gasteiger partial charge in [-0.2, -0.15) is 0 Å². The molecule has 1 amide bonds. The Morgan fingerprint density at radius 2 is 1.88 bits per heavy atom. The van der Waals surface area contributed by atoms with Crippen LogP contribution in [0.15, 0.2) is 12.1 Å². The minimum absolute atomic E-state index is 0.00890. The lowest BCUT2D eigenvalue weighted by Crippen LogP contribution is -2.38. The molecule has 0 bridgehead atoms. The average Bonchev–Trinajstić information content (AvgIpc) is 2.91. The van der Waals surface area contributed by atoms with Crippen LogP contribution in [0.5, 0.6) is 5.75 Å². The van der Waals surface area contributed by atoms with Gasteiger partial charge in [0, 0.05) is 11.4 Å². The van der Waals surface area contributed by atoms with Crippen molar-refractivity contribution in [2.24, 2.45) is 5.92 Å². The molecule has 1 N–H and O–H groups in total. The quantitative estimate of drug-likeness (QED) is 0.719. The van der Waals surface area contributed by atoms with Crippen LogP contribution in [-0.2, 0) is 9.53 Å². The van der Waals surface area contributed by atoms with Crippen LogP contribution in [0.1, 0.15) is 30.4 Å². The van der Waals surface area contributed by atoms with Crippen LogP contribution in [0.3, 0.4) is 0 Å². The molecule has 0 aliphatic rings. The van der Waals surface area contributed by atoms with Crippen LogP contribution >= 0.6 is 34.5 Å². The topological polar surface area (TPSA) is 64.6 Å². The van der Waals surface area contributed by atoms with Crippen molar-refractivity contribution < 1.29 is 19.1 Å². The Balaban J connectivity index is 2.13. The number of halogens is 2. The first-order valence-electron chi connectivity index (χ1n) is 7.67. The number of hydrogen-bond acceptors (Lipinski definition) is 5. The molecule has 0 aliphatic carbocycles. The number of methoxy groups -OCH3 is 1. The number of carbonyl (C=O) groups is 2. The fraction of sp³-hybridized carbons (Fsp3) is 0.412. The van der Waals surface area contributed by atoms with Gasteiger partial charge in [-0.15, -0.1) is 11.3 Å². The molecule has 0 saturated carbocycles. The minimum Gasteiger partial charge on any atom is -0.495 e. The molecule has 0 unspecified atom stereocenters. The average molecular weight is 404 g/mol. The Labute approximate surface area is 160 Å². The summed E-state index contributed by atoms with van der Waals surface area (Å²) >= 11 is 13.6. The van der Waals surface area contributed by atoms with E-state index in [9.17, 15) is 9.59 Å². The number of carbonyl (C=O) groups excluding carboxylic acids is 2. The summed E-state index contributed by atoms with van der Waals surface area (Å²) in [5.41, 5.74) is 0. The Morgan fingerprint density at radius 3 is 2.48 bits per heavy atom. The van der Waals surface area contributed by atoms with E-state index in [4.69, 9.17) is 32.7 Å². The first kappa shape index (κ1) is 19.8. The first-order chi connectivity index (χ1) is 11.8. The molecule has 1 aromatic heterocycles. The molecule has 136 valence electrons. The van der Waals surface area contributed by atoms with Crippen molar-refractivity contribution in [2.75, 3.05) is 13.7 Å². The highest BCUT2D eigenvalue weighted by molar-refractivity contribution is 7.22. The van der Waals surface area contributed by atoms with E-state index in [1.165, 1.54) is 7.11 Å². The molecule has 0 aliphatic heterocycles. The molecule has 0 fully saturated rings. The lowest BCUT2D eigenvalue weighted by molar-refractivity contribution is -0.125. The molecule has 1 heterocycles. The fourth-order valence-electron chi connectivity index (χ4n) is 2.03. The van der Waals surface area contributed by atoms with E-state index in [2.05, 4.69) is 5.32 Å². The van der Waals surface area contributed by atoms with E-state index in [0.29, 0.717) is 20.9 Å². The van der Waals surface area contributed by atoms with Gasteiger partial charge in [0.05, 0.1) is 16.8 Å². The van der Waals surface area contributed by atoms with Crippen LogP contribution < -0.4 is 10.1 Å². The second kappa shape index (κ2) is 8.25. The van der Waals surface area contributed by atoms with Gasteiger partial charge in [0.2, 0.25) is 0 Å². The Bertz CT molecular complexity index is 804. The lowest BCUT2D eigenvalue weighted by atomic mass is 10.1. The van der Waals surface area contributed by atoms with Gasteiger partial charge in [0.15, 0.2) is 6.61 Å². The summed E-state index contributed by atoms with van der Waals surface area (Å²) < 4.78 is 10.9. The van der Waals surface area contributed by atoms with E-state index >= 15 is 0 Å². The summed E-state index contributed by atoms with van der Waals surface area (Å²) in [6.45, 7) is 5.51. The van der Waals surface area contributed by atoms with Crippen molar-refractivity contribution >= 4 is 56.5 Å². The zero-order valence-electron chi connectivity index (χ0n) is 14.3. The number of rotatable bonds is 6. The van der Waals surface area contributed by atoms with E-state index in [-0.39, 0.29) is 34.4 Å². The Hall–Kier alpha value is -1.50. The van der Waals surface area contributed by atoms with Crippen LogP contribution in [0.25, 0.3) is 10.1 Å².